The second-order valence-electron chi connectivity index (χ2n) is 5.75. The highest BCUT2D eigenvalue weighted by atomic mass is 79.9. The predicted molar refractivity (Wildman–Crippen MR) is 115 cm³/mol. The van der Waals surface area contributed by atoms with Crippen molar-refractivity contribution in [2.24, 2.45) is 0 Å². The number of hydrogen-bond acceptors (Lipinski definition) is 7. The maximum absolute atomic E-state index is 12.3. The van der Waals surface area contributed by atoms with Crippen LogP contribution in [0.5, 0.6) is 17.2 Å². The Morgan fingerprint density at radius 1 is 1.14 bits per heavy atom. The first kappa shape index (κ1) is 21.1. The number of aromatic nitrogens is 1. The van der Waals surface area contributed by atoms with Gasteiger partial charge in [0.05, 0.1) is 33.3 Å². The Kier molecular flexibility index (Phi) is 7.05. The zero-order valence-electron chi connectivity index (χ0n) is 16.0. The average molecular weight is 479 g/mol. The van der Waals surface area contributed by atoms with Crippen LogP contribution in [0.2, 0.25) is 0 Å². The number of amides is 1. The predicted octanol–water partition coefficient (Wildman–Crippen LogP) is 4.86. The minimum Gasteiger partial charge on any atom is -0.493 e. The molecule has 0 aliphatic heterocycles. The molecule has 0 radical (unpaired) electrons. The van der Waals surface area contributed by atoms with Crippen molar-refractivity contribution >= 4 is 39.3 Å². The van der Waals surface area contributed by atoms with E-state index in [1.807, 2.05) is 24.3 Å². The number of halogens is 1. The molecule has 7 nitrogen and oxygen atoms in total. The van der Waals surface area contributed by atoms with Gasteiger partial charge in [0.2, 0.25) is 11.7 Å². The molecule has 2 aromatic carbocycles. The molecule has 1 heterocycles. The van der Waals surface area contributed by atoms with Gasteiger partial charge in [-0.3, -0.25) is 4.79 Å². The Balaban J connectivity index is 1.63. The fourth-order valence-corrected chi connectivity index (χ4v) is 3.58. The summed E-state index contributed by atoms with van der Waals surface area (Å²) < 4.78 is 22.5. The summed E-state index contributed by atoms with van der Waals surface area (Å²) in [4.78, 5) is 16.6. The third-order valence-electron chi connectivity index (χ3n) is 3.87. The highest BCUT2D eigenvalue weighted by Gasteiger charge is 2.15. The molecule has 1 N–H and O–H groups in total. The number of thioether (sulfide) groups is 1. The molecule has 1 aromatic heterocycles. The summed E-state index contributed by atoms with van der Waals surface area (Å²) in [6.07, 6.45) is 1.64. The van der Waals surface area contributed by atoms with E-state index in [0.717, 1.165) is 10.0 Å². The van der Waals surface area contributed by atoms with E-state index in [4.69, 9.17) is 18.6 Å². The van der Waals surface area contributed by atoms with Crippen LogP contribution in [0, 0.1) is 0 Å². The molecular formula is C20H19BrN2O5S. The Morgan fingerprint density at radius 3 is 2.48 bits per heavy atom. The third kappa shape index (κ3) is 5.24. The standard InChI is InChI=1S/C20H19BrN2O5S/c1-25-15-8-14(9-16(26-2)19(15)27-3)23-18(24)11-29-20-22-10-17(28-20)12-5-4-6-13(21)7-12/h4-10H,11H2,1-3H3,(H,23,24). The fraction of sp³-hybridized carbons (Fsp3) is 0.200. The average Bonchev–Trinajstić information content (AvgIpc) is 3.20. The Morgan fingerprint density at radius 2 is 1.86 bits per heavy atom. The summed E-state index contributed by atoms with van der Waals surface area (Å²) in [5.74, 6) is 1.93. The molecular weight excluding hydrogens is 460 g/mol. The number of hydrogen-bond donors (Lipinski definition) is 1. The van der Waals surface area contributed by atoms with Gasteiger partial charge in [0.25, 0.3) is 5.22 Å². The van der Waals surface area contributed by atoms with E-state index in [0.29, 0.717) is 33.9 Å². The molecule has 0 bridgehead atoms. The van der Waals surface area contributed by atoms with E-state index in [2.05, 4.69) is 26.2 Å². The van der Waals surface area contributed by atoms with Gasteiger partial charge in [0.1, 0.15) is 0 Å². The minimum absolute atomic E-state index is 0.134. The van der Waals surface area contributed by atoms with Crippen molar-refractivity contribution in [2.45, 2.75) is 5.22 Å². The number of methoxy groups -OCH3 is 3. The largest absolute Gasteiger partial charge is 0.493 e. The number of benzene rings is 2. The first-order chi connectivity index (χ1) is 14.0. The molecule has 0 saturated heterocycles. The number of ether oxygens (including phenoxy) is 3. The Hall–Kier alpha value is -2.65. The van der Waals surface area contributed by atoms with Crippen molar-refractivity contribution in [3.8, 4) is 28.6 Å². The highest BCUT2D eigenvalue weighted by molar-refractivity contribution is 9.10. The van der Waals surface area contributed by atoms with Gasteiger partial charge in [-0.2, -0.15) is 0 Å². The van der Waals surface area contributed by atoms with Crippen LogP contribution in [0.4, 0.5) is 5.69 Å². The number of oxazole rings is 1. The van der Waals surface area contributed by atoms with Gasteiger partial charge < -0.3 is 23.9 Å². The smallest absolute Gasteiger partial charge is 0.256 e. The van der Waals surface area contributed by atoms with Crippen LogP contribution in [-0.2, 0) is 4.79 Å². The van der Waals surface area contributed by atoms with E-state index in [1.54, 1.807) is 18.3 Å². The lowest BCUT2D eigenvalue weighted by Gasteiger charge is -2.14. The van der Waals surface area contributed by atoms with Gasteiger partial charge in [0.15, 0.2) is 17.3 Å². The monoisotopic (exact) mass is 478 g/mol. The molecule has 0 spiro atoms. The first-order valence-corrected chi connectivity index (χ1v) is 10.3. The molecule has 152 valence electrons. The molecule has 0 fully saturated rings. The molecule has 0 unspecified atom stereocenters. The Bertz CT molecular complexity index is 983. The van der Waals surface area contributed by atoms with Gasteiger partial charge in [-0.25, -0.2) is 4.98 Å². The number of carbonyl (C=O) groups is 1. The van der Waals surface area contributed by atoms with Crippen LogP contribution in [-0.4, -0.2) is 38.0 Å². The van der Waals surface area contributed by atoms with Gasteiger partial charge >= 0.3 is 0 Å². The number of nitrogens with zero attached hydrogens (tertiary/aromatic N) is 1. The summed E-state index contributed by atoms with van der Waals surface area (Å²) in [7, 11) is 4.56. The maximum atomic E-state index is 12.3. The second kappa shape index (κ2) is 9.71. The quantitative estimate of drug-likeness (QED) is 0.462. The zero-order chi connectivity index (χ0) is 20.8. The SMILES string of the molecule is COc1cc(NC(=O)CSc2ncc(-c3cccc(Br)c3)o2)cc(OC)c1OC. The zero-order valence-corrected chi connectivity index (χ0v) is 18.4. The van der Waals surface area contributed by atoms with Crippen LogP contribution in [0.25, 0.3) is 11.3 Å². The van der Waals surface area contributed by atoms with Crippen molar-refractivity contribution in [1.29, 1.82) is 0 Å². The lowest BCUT2D eigenvalue weighted by Crippen LogP contribution is -2.14. The van der Waals surface area contributed by atoms with Gasteiger partial charge in [-0.1, -0.05) is 39.8 Å². The number of nitrogens with one attached hydrogen (secondary N) is 1. The van der Waals surface area contributed by atoms with Crippen molar-refractivity contribution in [2.75, 3.05) is 32.4 Å². The lowest BCUT2D eigenvalue weighted by molar-refractivity contribution is -0.113. The summed E-state index contributed by atoms with van der Waals surface area (Å²) in [5, 5.41) is 3.22. The van der Waals surface area contributed by atoms with Crippen LogP contribution >= 0.6 is 27.7 Å². The maximum Gasteiger partial charge on any atom is 0.256 e. The van der Waals surface area contributed by atoms with Crippen LogP contribution in [0.15, 0.2) is 56.7 Å². The number of anilines is 1. The van der Waals surface area contributed by atoms with Crippen molar-refractivity contribution in [3.05, 3.63) is 47.1 Å². The fourth-order valence-electron chi connectivity index (χ4n) is 2.58. The topological polar surface area (TPSA) is 82.8 Å². The Labute approximate surface area is 180 Å². The van der Waals surface area contributed by atoms with Crippen molar-refractivity contribution in [3.63, 3.8) is 0 Å². The molecule has 1 amide bonds. The van der Waals surface area contributed by atoms with Crippen LogP contribution < -0.4 is 19.5 Å². The molecule has 0 saturated carbocycles. The highest BCUT2D eigenvalue weighted by Crippen LogP contribution is 2.40. The number of rotatable bonds is 8. The molecule has 0 atom stereocenters. The summed E-state index contributed by atoms with van der Waals surface area (Å²) in [5.41, 5.74) is 1.44. The first-order valence-electron chi connectivity index (χ1n) is 8.48. The number of carbonyl (C=O) groups excluding carboxylic acids is 1. The van der Waals surface area contributed by atoms with Crippen LogP contribution in [0.3, 0.4) is 0 Å². The molecule has 9 heteroatoms. The van der Waals surface area contributed by atoms with Crippen molar-refractivity contribution in [1.82, 2.24) is 4.98 Å². The van der Waals surface area contributed by atoms with Gasteiger partial charge in [0, 0.05) is 27.9 Å². The van der Waals surface area contributed by atoms with Crippen molar-refractivity contribution < 1.29 is 23.4 Å². The second-order valence-corrected chi connectivity index (χ2v) is 7.59. The van der Waals surface area contributed by atoms with E-state index < -0.39 is 0 Å². The molecule has 0 aliphatic carbocycles. The van der Waals surface area contributed by atoms with E-state index >= 15 is 0 Å². The van der Waals surface area contributed by atoms with Crippen LogP contribution in [0.1, 0.15) is 0 Å². The minimum atomic E-state index is -0.216. The van der Waals surface area contributed by atoms with E-state index in [1.165, 1.54) is 33.1 Å². The third-order valence-corrected chi connectivity index (χ3v) is 5.20. The molecule has 3 rings (SSSR count). The van der Waals surface area contributed by atoms with Gasteiger partial charge in [-0.15, -0.1) is 0 Å². The van der Waals surface area contributed by atoms with Gasteiger partial charge in [-0.05, 0) is 12.1 Å². The lowest BCUT2D eigenvalue weighted by atomic mass is 10.2. The summed E-state index contributed by atoms with van der Waals surface area (Å²) >= 11 is 4.64. The van der Waals surface area contributed by atoms with E-state index in [-0.39, 0.29) is 11.7 Å². The van der Waals surface area contributed by atoms with E-state index in [9.17, 15) is 4.79 Å². The molecule has 29 heavy (non-hydrogen) atoms. The normalized spacial score (nSPS) is 10.5. The summed E-state index contributed by atoms with van der Waals surface area (Å²) in [6, 6.07) is 11.0. The molecule has 0 aliphatic rings. The molecule has 3 aromatic rings. The summed E-state index contributed by atoms with van der Waals surface area (Å²) in [6.45, 7) is 0.